The summed E-state index contributed by atoms with van der Waals surface area (Å²) in [4.78, 5) is 9.64. The molecule has 142 valence electrons. The van der Waals surface area contributed by atoms with E-state index in [1.807, 2.05) is 30.3 Å². The number of hydrogen-bond acceptors (Lipinski definition) is 3. The third kappa shape index (κ3) is 2.78. The van der Waals surface area contributed by atoms with Crippen molar-refractivity contribution in [3.05, 3.63) is 96.1 Å². The van der Waals surface area contributed by atoms with Crippen LogP contribution in [0, 0.1) is 0 Å². The van der Waals surface area contributed by atoms with Gasteiger partial charge in [0, 0.05) is 15.6 Å². The van der Waals surface area contributed by atoms with Gasteiger partial charge in [0.05, 0.1) is 10.2 Å². The second-order valence-corrected chi connectivity index (χ2v) is 8.63. The first-order valence-corrected chi connectivity index (χ1v) is 10.9. The fourth-order valence-corrected chi connectivity index (χ4v) is 5.30. The van der Waals surface area contributed by atoms with Gasteiger partial charge >= 0.3 is 0 Å². The summed E-state index contributed by atoms with van der Waals surface area (Å²) in [6, 6.07) is 31.3. The maximum Gasteiger partial charge on any atom is 0.161 e. The fraction of sp³-hybridized carbons (Fsp3) is 0. The number of benzene rings is 4. The largest absolute Gasteiger partial charge is 0.226 e. The molecule has 6 aromatic rings. The zero-order valence-corrected chi connectivity index (χ0v) is 17.4. The SMILES string of the molecule is Clc1nc(-c2cccc(-c3ccccc3)c2)nc2c1sc1ccc3ccccc3c12. The minimum atomic E-state index is 0.505. The van der Waals surface area contributed by atoms with Crippen LogP contribution >= 0.6 is 22.9 Å². The number of aromatic nitrogens is 2. The number of rotatable bonds is 2. The van der Waals surface area contributed by atoms with E-state index in [1.54, 1.807) is 11.3 Å². The highest BCUT2D eigenvalue weighted by Gasteiger charge is 2.16. The van der Waals surface area contributed by atoms with Crippen molar-refractivity contribution in [3.8, 4) is 22.5 Å². The molecule has 6 rings (SSSR count). The molecular formula is C26H15ClN2S. The zero-order valence-electron chi connectivity index (χ0n) is 15.8. The molecule has 2 heterocycles. The molecule has 2 aromatic heterocycles. The molecule has 0 bridgehead atoms. The summed E-state index contributed by atoms with van der Waals surface area (Å²) in [6.45, 7) is 0. The van der Waals surface area contributed by atoms with E-state index in [0.29, 0.717) is 11.0 Å². The van der Waals surface area contributed by atoms with Crippen molar-refractivity contribution < 1.29 is 0 Å². The maximum atomic E-state index is 6.65. The Morgan fingerprint density at radius 3 is 2.33 bits per heavy atom. The van der Waals surface area contributed by atoms with Crippen molar-refractivity contribution in [2.75, 3.05) is 0 Å². The van der Waals surface area contributed by atoms with Gasteiger partial charge in [-0.3, -0.25) is 0 Å². The van der Waals surface area contributed by atoms with Crippen LogP contribution in [0.15, 0.2) is 91.0 Å². The Balaban J connectivity index is 1.61. The van der Waals surface area contributed by atoms with Crippen LogP contribution in [-0.2, 0) is 0 Å². The normalized spacial score (nSPS) is 11.5. The van der Waals surface area contributed by atoms with Crippen LogP contribution in [0.25, 0.3) is 53.6 Å². The standard InChI is InChI=1S/C26H15ClN2S/c27-25-24-23(22-20-12-5-4-9-17(20)13-14-21(22)30-24)28-26(29-25)19-11-6-10-18(15-19)16-7-2-1-3-8-16/h1-15H. The zero-order chi connectivity index (χ0) is 20.1. The summed E-state index contributed by atoms with van der Waals surface area (Å²) in [6.07, 6.45) is 0. The van der Waals surface area contributed by atoms with Gasteiger partial charge in [0.25, 0.3) is 0 Å². The third-order valence-electron chi connectivity index (χ3n) is 5.39. The smallest absolute Gasteiger partial charge is 0.161 e. The Hall–Kier alpha value is -3.27. The number of thiophene rings is 1. The lowest BCUT2D eigenvalue weighted by Crippen LogP contribution is -1.91. The van der Waals surface area contributed by atoms with E-state index in [-0.39, 0.29) is 0 Å². The van der Waals surface area contributed by atoms with E-state index in [1.165, 1.54) is 21.0 Å². The van der Waals surface area contributed by atoms with Crippen molar-refractivity contribution in [1.29, 1.82) is 0 Å². The molecule has 0 atom stereocenters. The molecule has 2 nitrogen and oxygen atoms in total. The molecule has 30 heavy (non-hydrogen) atoms. The highest BCUT2D eigenvalue weighted by Crippen LogP contribution is 2.40. The molecule has 0 unspecified atom stereocenters. The van der Waals surface area contributed by atoms with Crippen LogP contribution in [0.4, 0.5) is 0 Å². The predicted molar refractivity (Wildman–Crippen MR) is 128 cm³/mol. The van der Waals surface area contributed by atoms with E-state index < -0.39 is 0 Å². The monoisotopic (exact) mass is 422 g/mol. The van der Waals surface area contributed by atoms with Gasteiger partial charge < -0.3 is 0 Å². The van der Waals surface area contributed by atoms with E-state index in [2.05, 4.69) is 65.6 Å². The Kier molecular flexibility index (Phi) is 4.05. The highest BCUT2D eigenvalue weighted by molar-refractivity contribution is 7.26. The summed E-state index contributed by atoms with van der Waals surface area (Å²) >= 11 is 8.30. The third-order valence-corrected chi connectivity index (χ3v) is 6.93. The molecule has 0 saturated carbocycles. The summed E-state index contributed by atoms with van der Waals surface area (Å²) in [5, 5.41) is 4.05. The lowest BCUT2D eigenvalue weighted by Gasteiger charge is -2.06. The predicted octanol–water partition coefficient (Wildman–Crippen LogP) is 7.99. The van der Waals surface area contributed by atoms with Crippen molar-refractivity contribution in [2.24, 2.45) is 0 Å². The summed E-state index contributed by atoms with van der Waals surface area (Å²) in [5.74, 6) is 0.651. The van der Waals surface area contributed by atoms with Crippen molar-refractivity contribution in [3.63, 3.8) is 0 Å². The summed E-state index contributed by atoms with van der Waals surface area (Å²) < 4.78 is 2.11. The molecule has 0 radical (unpaired) electrons. The maximum absolute atomic E-state index is 6.65. The second kappa shape index (κ2) is 6.91. The average Bonchev–Trinajstić information content (AvgIpc) is 3.20. The lowest BCUT2D eigenvalue weighted by atomic mass is 10.0. The Morgan fingerprint density at radius 2 is 1.43 bits per heavy atom. The van der Waals surface area contributed by atoms with Crippen LogP contribution in [0.5, 0.6) is 0 Å². The Bertz CT molecular complexity index is 1550. The van der Waals surface area contributed by atoms with Crippen molar-refractivity contribution in [1.82, 2.24) is 9.97 Å². The first kappa shape index (κ1) is 17.6. The number of halogens is 1. The van der Waals surface area contributed by atoms with Crippen LogP contribution < -0.4 is 0 Å². The van der Waals surface area contributed by atoms with Gasteiger partial charge in [-0.05, 0) is 34.0 Å². The van der Waals surface area contributed by atoms with Crippen molar-refractivity contribution >= 4 is 54.0 Å². The minimum absolute atomic E-state index is 0.505. The fourth-order valence-electron chi connectivity index (χ4n) is 3.97. The van der Waals surface area contributed by atoms with Gasteiger partial charge in [-0.15, -0.1) is 11.3 Å². The second-order valence-electron chi connectivity index (χ2n) is 7.22. The molecule has 0 aliphatic rings. The van der Waals surface area contributed by atoms with E-state index >= 15 is 0 Å². The molecule has 0 aliphatic heterocycles. The molecule has 0 fully saturated rings. The lowest BCUT2D eigenvalue weighted by molar-refractivity contribution is 1.24. The summed E-state index contributed by atoms with van der Waals surface area (Å²) in [7, 11) is 0. The minimum Gasteiger partial charge on any atom is -0.226 e. The van der Waals surface area contributed by atoms with Crippen LogP contribution in [-0.4, -0.2) is 9.97 Å². The first-order valence-electron chi connectivity index (χ1n) is 9.71. The molecule has 4 heteroatoms. The van der Waals surface area contributed by atoms with Gasteiger partial charge in [0.2, 0.25) is 0 Å². The van der Waals surface area contributed by atoms with Gasteiger partial charge in [-0.25, -0.2) is 9.97 Å². The van der Waals surface area contributed by atoms with E-state index in [0.717, 1.165) is 26.7 Å². The van der Waals surface area contributed by atoms with Crippen LogP contribution in [0.2, 0.25) is 5.15 Å². The topological polar surface area (TPSA) is 25.8 Å². The summed E-state index contributed by atoms with van der Waals surface area (Å²) in [5.41, 5.74) is 4.18. The highest BCUT2D eigenvalue weighted by atomic mass is 35.5. The van der Waals surface area contributed by atoms with Gasteiger partial charge in [-0.1, -0.05) is 90.5 Å². The first-order chi connectivity index (χ1) is 14.8. The molecule has 0 saturated heterocycles. The van der Waals surface area contributed by atoms with E-state index in [9.17, 15) is 0 Å². The van der Waals surface area contributed by atoms with Crippen LogP contribution in [0.3, 0.4) is 0 Å². The molecule has 4 aromatic carbocycles. The van der Waals surface area contributed by atoms with Crippen LogP contribution in [0.1, 0.15) is 0 Å². The van der Waals surface area contributed by atoms with Gasteiger partial charge in [0.15, 0.2) is 11.0 Å². The van der Waals surface area contributed by atoms with Gasteiger partial charge in [0.1, 0.15) is 0 Å². The van der Waals surface area contributed by atoms with Gasteiger partial charge in [-0.2, -0.15) is 0 Å². The Labute approximate surface area is 182 Å². The molecule has 0 N–H and O–H groups in total. The Morgan fingerprint density at radius 1 is 0.667 bits per heavy atom. The molecular weight excluding hydrogens is 408 g/mol. The molecule has 0 amide bonds. The number of fused-ring (bicyclic) bond motifs is 5. The van der Waals surface area contributed by atoms with E-state index in [4.69, 9.17) is 16.6 Å². The molecule has 0 aliphatic carbocycles. The number of hydrogen-bond donors (Lipinski definition) is 0. The average molecular weight is 423 g/mol. The quantitative estimate of drug-likeness (QED) is 0.264. The van der Waals surface area contributed by atoms with Crippen molar-refractivity contribution in [2.45, 2.75) is 0 Å². The number of nitrogens with zero attached hydrogens (tertiary/aromatic N) is 2. The molecule has 0 spiro atoms.